The molecule has 41 heavy (non-hydrogen) atoms. The highest BCUT2D eigenvalue weighted by Crippen LogP contribution is 2.45. The molecule has 3 N–H and O–H groups in total. The number of benzene rings is 1. The molecule has 1 aromatic rings. The predicted octanol–water partition coefficient (Wildman–Crippen LogP) is 3.41. The van der Waals surface area contributed by atoms with Gasteiger partial charge in [0.2, 0.25) is 11.8 Å². The summed E-state index contributed by atoms with van der Waals surface area (Å²) >= 11 is 0. The highest BCUT2D eigenvalue weighted by atomic mass is 32.2. The van der Waals surface area contributed by atoms with E-state index in [0.717, 1.165) is 31.2 Å². The Morgan fingerprint density at radius 3 is 2.51 bits per heavy atom. The molecule has 1 aliphatic carbocycles. The first kappa shape index (κ1) is 30.7. The van der Waals surface area contributed by atoms with Gasteiger partial charge in [-0.3, -0.25) is 19.1 Å². The Bertz CT molecular complexity index is 1210. The lowest BCUT2D eigenvalue weighted by Gasteiger charge is -2.30. The molecule has 2 fully saturated rings. The highest BCUT2D eigenvalue weighted by molar-refractivity contribution is 7.83. The van der Waals surface area contributed by atoms with Gasteiger partial charge in [-0.15, -0.1) is 0 Å². The number of hydrogen-bond acceptors (Lipinski definition) is 6. The first-order valence-electron chi connectivity index (χ1n) is 14.5. The summed E-state index contributed by atoms with van der Waals surface area (Å²) in [5, 5.41) is 5.67. The van der Waals surface area contributed by atoms with Crippen LogP contribution in [-0.2, 0) is 30.1 Å². The molecule has 224 valence electrons. The molecule has 3 aliphatic rings. The Morgan fingerprint density at radius 1 is 1.07 bits per heavy atom. The summed E-state index contributed by atoms with van der Waals surface area (Å²) in [7, 11) is -1.79. The number of fused-ring (bicyclic) bond motifs is 2. The van der Waals surface area contributed by atoms with Gasteiger partial charge in [-0.2, -0.15) is 0 Å². The predicted molar refractivity (Wildman–Crippen MR) is 155 cm³/mol. The number of carbonyl (C=O) groups is 4. The lowest BCUT2D eigenvalue weighted by Crippen LogP contribution is -2.58. The van der Waals surface area contributed by atoms with Gasteiger partial charge >= 0.3 is 6.09 Å². The van der Waals surface area contributed by atoms with Crippen molar-refractivity contribution in [3.63, 3.8) is 0 Å². The maximum absolute atomic E-state index is 13.7. The van der Waals surface area contributed by atoms with Crippen molar-refractivity contribution in [1.29, 1.82) is 0 Å². The second-order valence-electron chi connectivity index (χ2n) is 12.2. The van der Waals surface area contributed by atoms with Crippen molar-refractivity contribution in [3.05, 3.63) is 42.0 Å². The molecule has 2 heterocycles. The summed E-state index contributed by atoms with van der Waals surface area (Å²) in [5.74, 6) is -1.50. The van der Waals surface area contributed by atoms with Gasteiger partial charge in [0.1, 0.15) is 23.2 Å². The van der Waals surface area contributed by atoms with E-state index in [0.29, 0.717) is 37.1 Å². The molecule has 4 rings (SSSR count). The van der Waals surface area contributed by atoms with Crippen LogP contribution in [0.15, 0.2) is 41.3 Å². The molecule has 10 nitrogen and oxygen atoms in total. The summed E-state index contributed by atoms with van der Waals surface area (Å²) in [6.45, 7) is 7.57. The van der Waals surface area contributed by atoms with Gasteiger partial charge in [-0.05, 0) is 78.4 Å². The topological polar surface area (TPSA) is 134 Å². The third-order valence-electron chi connectivity index (χ3n) is 7.75. The standard InChI is InChI=1S/C30H42N4O6S/c1-20-14-16-22(17-15-20)41(39)33-27(37)30-19-21(30)11-8-6-5-7-9-12-23(31-28(38)40-29(2,3)4)26(36)34-18-10-13-24(34)25(35)32-30/h8,11,14-17,21,23-24H,5-7,9-10,12-13,18-19H2,1-4H3,(H,31,38)(H,32,35)(H,33,37)/b11-8-/t21-,23-,24-,30+,41+/m0/s1. The van der Waals surface area contributed by atoms with E-state index in [-0.39, 0.29) is 11.8 Å². The zero-order valence-corrected chi connectivity index (χ0v) is 25.2. The van der Waals surface area contributed by atoms with E-state index in [1.54, 1.807) is 32.9 Å². The number of amides is 4. The summed E-state index contributed by atoms with van der Waals surface area (Å²) in [6.07, 6.45) is 8.45. The number of nitrogens with one attached hydrogen (secondary N) is 3. The Balaban J connectivity index is 1.53. The lowest BCUT2D eigenvalue weighted by atomic mass is 10.0. The molecule has 0 spiro atoms. The minimum Gasteiger partial charge on any atom is -0.444 e. The van der Waals surface area contributed by atoms with E-state index in [2.05, 4.69) is 15.4 Å². The van der Waals surface area contributed by atoms with Crippen LogP contribution in [-0.4, -0.2) is 62.7 Å². The first-order chi connectivity index (χ1) is 19.4. The Hall–Kier alpha value is -3.21. The smallest absolute Gasteiger partial charge is 0.408 e. The van der Waals surface area contributed by atoms with Crippen molar-refractivity contribution in [2.45, 2.75) is 107 Å². The van der Waals surface area contributed by atoms with Crippen molar-refractivity contribution < 1.29 is 28.1 Å². The van der Waals surface area contributed by atoms with Crippen LogP contribution in [0.1, 0.15) is 77.7 Å². The van der Waals surface area contributed by atoms with Crippen LogP contribution in [0, 0.1) is 12.8 Å². The van der Waals surface area contributed by atoms with Crippen LogP contribution >= 0.6 is 0 Å². The minimum absolute atomic E-state index is 0.237. The van der Waals surface area contributed by atoms with Gasteiger partial charge in [-0.25, -0.2) is 9.00 Å². The van der Waals surface area contributed by atoms with Crippen molar-refractivity contribution in [2.75, 3.05) is 6.54 Å². The molecular weight excluding hydrogens is 544 g/mol. The highest BCUT2D eigenvalue weighted by Gasteiger charge is 2.61. The number of ether oxygens (including phenoxy) is 1. The van der Waals surface area contributed by atoms with Crippen molar-refractivity contribution in [1.82, 2.24) is 20.3 Å². The van der Waals surface area contributed by atoms with Crippen LogP contribution in [0.3, 0.4) is 0 Å². The fourth-order valence-electron chi connectivity index (χ4n) is 5.44. The third kappa shape index (κ3) is 7.75. The Kier molecular flexibility index (Phi) is 9.56. The number of rotatable bonds is 4. The Labute approximate surface area is 244 Å². The average molecular weight is 587 g/mol. The number of aryl methyl sites for hydroxylation is 1. The van der Waals surface area contributed by atoms with Crippen LogP contribution < -0.4 is 15.4 Å². The molecule has 5 atom stereocenters. The molecule has 0 aromatic heterocycles. The van der Waals surface area contributed by atoms with E-state index in [1.807, 2.05) is 31.2 Å². The number of alkyl carbamates (subject to hydrolysis) is 1. The Morgan fingerprint density at radius 2 is 1.80 bits per heavy atom. The maximum Gasteiger partial charge on any atom is 0.408 e. The molecule has 0 bridgehead atoms. The summed E-state index contributed by atoms with van der Waals surface area (Å²) in [5.41, 5.74) is -0.940. The largest absolute Gasteiger partial charge is 0.444 e. The monoisotopic (exact) mass is 586 g/mol. The van der Waals surface area contributed by atoms with Gasteiger partial charge < -0.3 is 20.3 Å². The van der Waals surface area contributed by atoms with Crippen molar-refractivity contribution in [2.24, 2.45) is 5.92 Å². The molecule has 1 aromatic carbocycles. The fraction of sp³-hybridized carbons (Fsp3) is 0.600. The lowest BCUT2D eigenvalue weighted by molar-refractivity contribution is -0.141. The van der Waals surface area contributed by atoms with Gasteiger partial charge in [0.05, 0.1) is 4.90 Å². The van der Waals surface area contributed by atoms with Gasteiger partial charge in [0, 0.05) is 12.5 Å². The van der Waals surface area contributed by atoms with Crippen LogP contribution in [0.25, 0.3) is 0 Å². The van der Waals surface area contributed by atoms with Crippen molar-refractivity contribution in [3.8, 4) is 0 Å². The maximum atomic E-state index is 13.7. The second kappa shape index (κ2) is 12.8. The average Bonchev–Trinajstić information content (AvgIpc) is 3.35. The molecule has 0 unspecified atom stereocenters. The van der Waals surface area contributed by atoms with E-state index >= 15 is 0 Å². The zero-order chi connectivity index (χ0) is 29.8. The molecular formula is C30H42N4O6S. The number of hydrogen-bond donors (Lipinski definition) is 3. The SMILES string of the molecule is Cc1ccc([S@@](=O)NC(=O)[C@@]23C[C@@H]2/C=C\CCCCC[C@H](NC(=O)OC(C)(C)C)C(=O)N2CCC[C@H]2C(=O)N3)cc1. The molecule has 11 heteroatoms. The van der Waals surface area contributed by atoms with Gasteiger partial charge in [0.25, 0.3) is 5.91 Å². The van der Waals surface area contributed by atoms with Crippen LogP contribution in [0.2, 0.25) is 0 Å². The van der Waals surface area contributed by atoms with Crippen LogP contribution in [0.5, 0.6) is 0 Å². The quantitative estimate of drug-likeness (QED) is 0.463. The third-order valence-corrected chi connectivity index (χ3v) is 8.82. The number of allylic oxidation sites excluding steroid dienone is 1. The first-order valence-corrected chi connectivity index (χ1v) is 15.6. The van der Waals surface area contributed by atoms with Gasteiger partial charge in [-0.1, -0.05) is 42.7 Å². The second-order valence-corrected chi connectivity index (χ2v) is 13.5. The molecule has 0 radical (unpaired) electrons. The van der Waals surface area contributed by atoms with Gasteiger partial charge in [0.15, 0.2) is 11.0 Å². The molecule has 1 saturated heterocycles. The normalized spacial score (nSPS) is 28.6. The molecule has 1 saturated carbocycles. The van der Waals surface area contributed by atoms with E-state index in [1.165, 1.54) is 4.90 Å². The minimum atomic E-state index is -1.79. The van der Waals surface area contributed by atoms with E-state index in [4.69, 9.17) is 4.74 Å². The molecule has 4 amide bonds. The summed E-state index contributed by atoms with van der Waals surface area (Å²) in [4.78, 5) is 55.4. The van der Waals surface area contributed by atoms with Crippen molar-refractivity contribution >= 4 is 34.8 Å². The molecule has 2 aliphatic heterocycles. The number of nitrogens with zero attached hydrogens (tertiary/aromatic N) is 1. The van der Waals surface area contributed by atoms with E-state index < -0.39 is 52.1 Å². The zero-order valence-electron chi connectivity index (χ0n) is 24.4. The number of carbonyl (C=O) groups excluding carboxylic acids is 4. The summed E-state index contributed by atoms with van der Waals surface area (Å²) in [6, 6.07) is 5.46. The summed E-state index contributed by atoms with van der Waals surface area (Å²) < 4.78 is 20.9. The van der Waals surface area contributed by atoms with E-state index in [9.17, 15) is 23.4 Å². The van der Waals surface area contributed by atoms with Crippen LogP contribution in [0.4, 0.5) is 4.79 Å². The fourth-order valence-corrected chi connectivity index (χ4v) is 6.29.